The second-order valence-corrected chi connectivity index (χ2v) is 3.96. The van der Waals surface area contributed by atoms with Gasteiger partial charge in [0.1, 0.15) is 5.82 Å². The molecule has 1 rings (SSSR count). The summed E-state index contributed by atoms with van der Waals surface area (Å²) in [4.78, 5) is 2.42. The van der Waals surface area contributed by atoms with Crippen molar-refractivity contribution in [3.63, 3.8) is 0 Å². The molecule has 0 atom stereocenters. The van der Waals surface area contributed by atoms with Crippen LogP contribution in [0.1, 0.15) is 32.4 Å². The molecule has 0 radical (unpaired) electrons. The summed E-state index contributed by atoms with van der Waals surface area (Å²) in [6.45, 7) is 7.58. The van der Waals surface area contributed by atoms with Crippen LogP contribution in [0, 0.1) is 0 Å². The Morgan fingerprint density at radius 1 is 1.33 bits per heavy atom. The minimum Gasteiger partial charge on any atom is -0.384 e. The molecule has 2 N–H and O–H groups in total. The predicted octanol–water partition coefficient (Wildman–Crippen LogP) is 1.62. The zero-order chi connectivity index (χ0) is 11.3. The summed E-state index contributed by atoms with van der Waals surface area (Å²) in [5.74, 6) is 0.734. The minimum absolute atomic E-state index is 0.734. The summed E-state index contributed by atoms with van der Waals surface area (Å²) in [6.07, 6.45) is 2.37. The SMILES string of the molecule is CCCN(CCC)Cc1cc(N)n(C)n1. The van der Waals surface area contributed by atoms with E-state index in [2.05, 4.69) is 23.8 Å². The first-order chi connectivity index (χ1) is 7.17. The summed E-state index contributed by atoms with van der Waals surface area (Å²) < 4.78 is 1.73. The van der Waals surface area contributed by atoms with Crippen LogP contribution < -0.4 is 5.73 Å². The fourth-order valence-corrected chi connectivity index (χ4v) is 1.75. The van der Waals surface area contributed by atoms with E-state index in [4.69, 9.17) is 5.73 Å². The normalized spacial score (nSPS) is 11.2. The van der Waals surface area contributed by atoms with E-state index < -0.39 is 0 Å². The van der Waals surface area contributed by atoms with E-state index in [-0.39, 0.29) is 0 Å². The van der Waals surface area contributed by atoms with E-state index in [0.29, 0.717) is 0 Å². The average Bonchev–Trinajstić information content (AvgIpc) is 2.47. The lowest BCUT2D eigenvalue weighted by Gasteiger charge is -2.19. The Hall–Kier alpha value is -1.03. The smallest absolute Gasteiger partial charge is 0.121 e. The van der Waals surface area contributed by atoms with Crippen LogP contribution in [0.25, 0.3) is 0 Å². The van der Waals surface area contributed by atoms with Crippen molar-refractivity contribution < 1.29 is 0 Å². The number of hydrogen-bond acceptors (Lipinski definition) is 3. The number of nitrogens with zero attached hydrogens (tertiary/aromatic N) is 3. The first-order valence-electron chi connectivity index (χ1n) is 5.68. The third-order valence-electron chi connectivity index (χ3n) is 2.43. The average molecular weight is 210 g/mol. The monoisotopic (exact) mass is 210 g/mol. The van der Waals surface area contributed by atoms with Crippen molar-refractivity contribution in [1.29, 1.82) is 0 Å². The van der Waals surface area contributed by atoms with Gasteiger partial charge in [-0.15, -0.1) is 0 Å². The number of rotatable bonds is 6. The largest absolute Gasteiger partial charge is 0.384 e. The van der Waals surface area contributed by atoms with Crippen molar-refractivity contribution in [2.45, 2.75) is 33.2 Å². The van der Waals surface area contributed by atoms with Crippen LogP contribution in [0.2, 0.25) is 0 Å². The fraction of sp³-hybridized carbons (Fsp3) is 0.727. The molecule has 4 nitrogen and oxygen atoms in total. The molecule has 0 spiro atoms. The van der Waals surface area contributed by atoms with E-state index in [1.165, 1.54) is 12.8 Å². The molecule has 15 heavy (non-hydrogen) atoms. The van der Waals surface area contributed by atoms with Gasteiger partial charge >= 0.3 is 0 Å². The number of aryl methyl sites for hydroxylation is 1. The third-order valence-corrected chi connectivity index (χ3v) is 2.43. The van der Waals surface area contributed by atoms with E-state index in [0.717, 1.165) is 31.1 Å². The van der Waals surface area contributed by atoms with Gasteiger partial charge in [0.05, 0.1) is 5.69 Å². The second kappa shape index (κ2) is 5.75. The van der Waals surface area contributed by atoms with E-state index in [9.17, 15) is 0 Å². The third kappa shape index (κ3) is 3.55. The fourth-order valence-electron chi connectivity index (χ4n) is 1.75. The Balaban J connectivity index is 2.56. The Labute approximate surface area is 92.1 Å². The second-order valence-electron chi connectivity index (χ2n) is 3.96. The zero-order valence-corrected chi connectivity index (χ0v) is 10.0. The van der Waals surface area contributed by atoms with Gasteiger partial charge in [0.25, 0.3) is 0 Å². The maximum absolute atomic E-state index is 5.75. The summed E-state index contributed by atoms with van der Waals surface area (Å²) in [5.41, 5.74) is 6.81. The van der Waals surface area contributed by atoms with E-state index >= 15 is 0 Å². The lowest BCUT2D eigenvalue weighted by Crippen LogP contribution is -2.25. The van der Waals surface area contributed by atoms with Crippen molar-refractivity contribution in [2.75, 3.05) is 18.8 Å². The molecular formula is C11H22N4. The molecule has 0 aliphatic carbocycles. The van der Waals surface area contributed by atoms with Crippen molar-refractivity contribution in [2.24, 2.45) is 7.05 Å². The van der Waals surface area contributed by atoms with Crippen LogP contribution in [0.3, 0.4) is 0 Å². The zero-order valence-electron chi connectivity index (χ0n) is 10.0. The predicted molar refractivity (Wildman–Crippen MR) is 63.5 cm³/mol. The molecule has 1 aromatic rings. The van der Waals surface area contributed by atoms with Crippen LogP contribution in [-0.4, -0.2) is 27.8 Å². The van der Waals surface area contributed by atoms with Crippen molar-refractivity contribution in [1.82, 2.24) is 14.7 Å². The van der Waals surface area contributed by atoms with Gasteiger partial charge in [0, 0.05) is 19.7 Å². The van der Waals surface area contributed by atoms with Gasteiger partial charge in [0.15, 0.2) is 0 Å². The number of anilines is 1. The molecule has 0 fully saturated rings. The van der Waals surface area contributed by atoms with Gasteiger partial charge in [-0.05, 0) is 25.9 Å². The molecule has 0 amide bonds. The Kier molecular flexibility index (Phi) is 4.62. The highest BCUT2D eigenvalue weighted by Crippen LogP contribution is 2.08. The van der Waals surface area contributed by atoms with Gasteiger partial charge < -0.3 is 5.73 Å². The van der Waals surface area contributed by atoms with Crippen LogP contribution >= 0.6 is 0 Å². The molecule has 86 valence electrons. The number of hydrogen-bond donors (Lipinski definition) is 1. The number of nitrogens with two attached hydrogens (primary N) is 1. The van der Waals surface area contributed by atoms with Crippen molar-refractivity contribution in [3.8, 4) is 0 Å². The number of nitrogen functional groups attached to an aromatic ring is 1. The maximum atomic E-state index is 5.75. The molecule has 0 aromatic carbocycles. The van der Waals surface area contributed by atoms with Gasteiger partial charge in [-0.1, -0.05) is 13.8 Å². The van der Waals surface area contributed by atoms with E-state index in [1.54, 1.807) is 4.68 Å². The van der Waals surface area contributed by atoms with Crippen molar-refractivity contribution in [3.05, 3.63) is 11.8 Å². The van der Waals surface area contributed by atoms with Crippen LogP contribution in [-0.2, 0) is 13.6 Å². The minimum atomic E-state index is 0.734. The quantitative estimate of drug-likeness (QED) is 0.776. The Morgan fingerprint density at radius 3 is 2.33 bits per heavy atom. The maximum Gasteiger partial charge on any atom is 0.121 e. The summed E-state index contributed by atoms with van der Waals surface area (Å²) in [5, 5.41) is 4.36. The molecule has 0 unspecified atom stereocenters. The highest BCUT2D eigenvalue weighted by molar-refractivity contribution is 5.30. The van der Waals surface area contributed by atoms with Gasteiger partial charge in [-0.2, -0.15) is 5.10 Å². The highest BCUT2D eigenvalue weighted by atomic mass is 15.3. The standard InChI is InChI=1S/C11H22N4/c1-4-6-15(7-5-2)9-10-8-11(12)14(3)13-10/h8H,4-7,9,12H2,1-3H3. The van der Waals surface area contributed by atoms with Crippen molar-refractivity contribution >= 4 is 5.82 Å². The first-order valence-corrected chi connectivity index (χ1v) is 5.68. The molecule has 0 aliphatic rings. The molecule has 4 heteroatoms. The van der Waals surface area contributed by atoms with Crippen LogP contribution in [0.15, 0.2) is 6.07 Å². The summed E-state index contributed by atoms with van der Waals surface area (Å²) in [6, 6.07) is 1.96. The topological polar surface area (TPSA) is 47.1 Å². The highest BCUT2D eigenvalue weighted by Gasteiger charge is 2.07. The first kappa shape index (κ1) is 12.0. The van der Waals surface area contributed by atoms with Gasteiger partial charge in [-0.3, -0.25) is 9.58 Å². The molecule has 1 heterocycles. The number of aromatic nitrogens is 2. The van der Waals surface area contributed by atoms with Crippen LogP contribution in [0.4, 0.5) is 5.82 Å². The molecule has 0 bridgehead atoms. The molecule has 0 aliphatic heterocycles. The van der Waals surface area contributed by atoms with Crippen LogP contribution in [0.5, 0.6) is 0 Å². The lowest BCUT2D eigenvalue weighted by atomic mass is 10.3. The van der Waals surface area contributed by atoms with Gasteiger partial charge in [0.2, 0.25) is 0 Å². The molecule has 0 saturated carbocycles. The molecular weight excluding hydrogens is 188 g/mol. The molecule has 0 saturated heterocycles. The Bertz CT molecular complexity index is 267. The Morgan fingerprint density at radius 2 is 1.93 bits per heavy atom. The molecule has 1 aromatic heterocycles. The van der Waals surface area contributed by atoms with E-state index in [1.807, 2.05) is 13.1 Å². The summed E-state index contributed by atoms with van der Waals surface area (Å²) >= 11 is 0. The van der Waals surface area contributed by atoms with Gasteiger partial charge in [-0.25, -0.2) is 0 Å². The summed E-state index contributed by atoms with van der Waals surface area (Å²) in [7, 11) is 1.88. The lowest BCUT2D eigenvalue weighted by molar-refractivity contribution is 0.263.